The summed E-state index contributed by atoms with van der Waals surface area (Å²) >= 11 is 0. The van der Waals surface area contributed by atoms with Gasteiger partial charge in [-0.1, -0.05) is 0 Å². The summed E-state index contributed by atoms with van der Waals surface area (Å²) in [4.78, 5) is 27.9. The molecule has 1 atom stereocenters. The van der Waals surface area contributed by atoms with Gasteiger partial charge in [0.25, 0.3) is 5.92 Å². The lowest BCUT2D eigenvalue weighted by molar-refractivity contribution is -0.169. The molecule has 0 aromatic rings. The second-order valence-electron chi connectivity index (χ2n) is 7.36. The quantitative estimate of drug-likeness (QED) is 0.804. The van der Waals surface area contributed by atoms with Crippen LogP contribution in [0.4, 0.5) is 8.78 Å². The van der Waals surface area contributed by atoms with E-state index in [4.69, 9.17) is 4.74 Å². The Morgan fingerprint density at radius 1 is 1.38 bits per heavy atom. The number of likely N-dealkylation sites (tertiary alicyclic amines) is 2. The van der Waals surface area contributed by atoms with Crippen molar-refractivity contribution in [2.75, 3.05) is 39.9 Å². The van der Waals surface area contributed by atoms with Gasteiger partial charge in [-0.2, -0.15) is 0 Å². The van der Waals surface area contributed by atoms with Crippen molar-refractivity contribution >= 4 is 11.8 Å². The van der Waals surface area contributed by atoms with E-state index in [2.05, 4.69) is 0 Å². The molecule has 1 saturated carbocycles. The number of amides is 2. The van der Waals surface area contributed by atoms with Crippen LogP contribution in [0.15, 0.2) is 0 Å². The number of methoxy groups -OCH3 is 1. The van der Waals surface area contributed by atoms with E-state index in [0.29, 0.717) is 39.0 Å². The van der Waals surface area contributed by atoms with Gasteiger partial charge in [0.2, 0.25) is 11.8 Å². The first kappa shape index (κ1) is 17.5. The first-order valence-corrected chi connectivity index (χ1v) is 8.39. The van der Waals surface area contributed by atoms with E-state index < -0.39 is 36.3 Å². The third-order valence-corrected chi connectivity index (χ3v) is 5.45. The van der Waals surface area contributed by atoms with Gasteiger partial charge >= 0.3 is 0 Å². The normalized spacial score (nSPS) is 35.4. The van der Waals surface area contributed by atoms with Gasteiger partial charge in [0, 0.05) is 39.1 Å². The lowest BCUT2D eigenvalue weighted by Crippen LogP contribution is -2.59. The molecule has 2 saturated heterocycles. The molecular weight excluding hydrogens is 322 g/mol. The highest BCUT2D eigenvalue weighted by atomic mass is 19.3. The average molecular weight is 346 g/mol. The fraction of sp³-hybridized carbons (Fsp3) is 0.875. The van der Waals surface area contributed by atoms with Gasteiger partial charge in [-0.25, -0.2) is 8.78 Å². The van der Waals surface area contributed by atoms with Crippen LogP contribution >= 0.6 is 0 Å². The molecule has 0 aromatic carbocycles. The summed E-state index contributed by atoms with van der Waals surface area (Å²) in [5, 5.41) is 9.34. The largest absolute Gasteiger partial charge is 0.393 e. The van der Waals surface area contributed by atoms with Crippen LogP contribution in [0.2, 0.25) is 0 Å². The molecule has 1 N–H and O–H groups in total. The fourth-order valence-electron chi connectivity index (χ4n) is 4.13. The first-order chi connectivity index (χ1) is 11.3. The molecule has 1 aliphatic carbocycles. The van der Waals surface area contributed by atoms with Gasteiger partial charge in [-0.3, -0.25) is 9.59 Å². The number of hydrogen-bond donors (Lipinski definition) is 1. The molecule has 2 aliphatic heterocycles. The molecule has 0 unspecified atom stereocenters. The molecular formula is C16H24F2N2O4. The van der Waals surface area contributed by atoms with Crippen LogP contribution in [-0.2, 0) is 14.3 Å². The zero-order valence-corrected chi connectivity index (χ0v) is 13.8. The van der Waals surface area contributed by atoms with E-state index in [1.807, 2.05) is 0 Å². The van der Waals surface area contributed by atoms with Crippen LogP contribution in [0.1, 0.15) is 25.7 Å². The van der Waals surface area contributed by atoms with E-state index in [1.165, 1.54) is 7.11 Å². The van der Waals surface area contributed by atoms with Crippen LogP contribution in [-0.4, -0.2) is 78.6 Å². The Bertz CT molecular complexity index is 524. The predicted octanol–water partition coefficient (Wildman–Crippen LogP) is 0.490. The van der Waals surface area contributed by atoms with Crippen LogP contribution in [0.25, 0.3) is 0 Å². The molecule has 8 heteroatoms. The standard InChI is InChI=1S/C16H24F2N2O4/c1-24-5-4-19-3-2-15(14(19)23)8-16(17,18)10-20(9-15)13(22)11-6-12(21)7-11/h11-12,21H,2-10H2,1H3/t11?,12?,15-/m1/s1. The number of hydrogen-bond acceptors (Lipinski definition) is 4. The Hall–Kier alpha value is -1.28. The van der Waals surface area contributed by atoms with Crippen molar-refractivity contribution in [3.05, 3.63) is 0 Å². The maximum absolute atomic E-state index is 14.3. The van der Waals surface area contributed by atoms with Crippen LogP contribution in [0.3, 0.4) is 0 Å². The summed E-state index contributed by atoms with van der Waals surface area (Å²) in [6.07, 6.45) is -0.0403. The van der Waals surface area contributed by atoms with E-state index >= 15 is 0 Å². The van der Waals surface area contributed by atoms with Gasteiger partial charge in [0.15, 0.2) is 0 Å². The lowest BCUT2D eigenvalue weighted by Gasteiger charge is -2.45. The minimum absolute atomic E-state index is 0.0519. The molecule has 3 aliphatic rings. The SMILES string of the molecule is COCCN1CC[C@@]2(CN(C(=O)C3CC(O)C3)CC(F)(F)C2)C1=O. The minimum atomic E-state index is -3.07. The average Bonchev–Trinajstić information content (AvgIpc) is 2.76. The summed E-state index contributed by atoms with van der Waals surface area (Å²) in [5.41, 5.74) is -1.19. The molecule has 0 bridgehead atoms. The van der Waals surface area contributed by atoms with Gasteiger partial charge < -0.3 is 19.6 Å². The summed E-state index contributed by atoms with van der Waals surface area (Å²) in [6, 6.07) is 0. The highest BCUT2D eigenvalue weighted by Gasteiger charge is 2.58. The number of ether oxygens (including phenoxy) is 1. The summed E-state index contributed by atoms with van der Waals surface area (Å²) in [6.45, 7) is 0.580. The first-order valence-electron chi connectivity index (χ1n) is 8.39. The van der Waals surface area contributed by atoms with E-state index in [0.717, 1.165) is 4.90 Å². The van der Waals surface area contributed by atoms with Crippen LogP contribution in [0, 0.1) is 11.3 Å². The number of piperidine rings is 1. The van der Waals surface area contributed by atoms with Crippen molar-refractivity contribution in [1.29, 1.82) is 0 Å². The van der Waals surface area contributed by atoms with Crippen molar-refractivity contribution in [1.82, 2.24) is 9.80 Å². The highest BCUT2D eigenvalue weighted by molar-refractivity contribution is 5.87. The van der Waals surface area contributed by atoms with E-state index in [-0.39, 0.29) is 18.4 Å². The number of rotatable bonds is 4. The van der Waals surface area contributed by atoms with Crippen molar-refractivity contribution in [3.8, 4) is 0 Å². The maximum Gasteiger partial charge on any atom is 0.266 e. The molecule has 2 heterocycles. The monoisotopic (exact) mass is 346 g/mol. The third kappa shape index (κ3) is 3.13. The second-order valence-corrected chi connectivity index (χ2v) is 7.36. The minimum Gasteiger partial charge on any atom is -0.393 e. The maximum atomic E-state index is 14.3. The zero-order chi connectivity index (χ0) is 17.5. The van der Waals surface area contributed by atoms with Gasteiger partial charge in [0.1, 0.15) is 0 Å². The van der Waals surface area contributed by atoms with Crippen LogP contribution in [0.5, 0.6) is 0 Å². The molecule has 3 rings (SSSR count). The number of nitrogens with zero attached hydrogens (tertiary/aromatic N) is 2. The van der Waals surface area contributed by atoms with Gasteiger partial charge in [-0.15, -0.1) is 0 Å². The molecule has 136 valence electrons. The Morgan fingerprint density at radius 2 is 2.08 bits per heavy atom. The Kier molecular flexibility index (Phi) is 4.55. The summed E-state index contributed by atoms with van der Waals surface area (Å²) in [5.74, 6) is -4.12. The number of aliphatic hydroxyl groups is 1. The van der Waals surface area contributed by atoms with Crippen molar-refractivity contribution in [3.63, 3.8) is 0 Å². The highest BCUT2D eigenvalue weighted by Crippen LogP contribution is 2.46. The molecule has 2 amide bonds. The molecule has 6 nitrogen and oxygen atoms in total. The third-order valence-electron chi connectivity index (χ3n) is 5.45. The molecule has 1 spiro atoms. The van der Waals surface area contributed by atoms with Crippen molar-refractivity contribution in [2.45, 2.75) is 37.7 Å². The van der Waals surface area contributed by atoms with Crippen molar-refractivity contribution < 1.29 is 28.2 Å². The number of alkyl halides is 2. The molecule has 0 aromatic heterocycles. The summed E-state index contributed by atoms with van der Waals surface area (Å²) < 4.78 is 33.5. The van der Waals surface area contributed by atoms with E-state index in [1.54, 1.807) is 4.90 Å². The topological polar surface area (TPSA) is 70.1 Å². The molecule has 0 radical (unpaired) electrons. The van der Waals surface area contributed by atoms with Gasteiger partial charge in [-0.05, 0) is 19.3 Å². The lowest BCUT2D eigenvalue weighted by atomic mass is 9.75. The number of halogens is 2. The Balaban J connectivity index is 1.74. The zero-order valence-electron chi connectivity index (χ0n) is 13.8. The van der Waals surface area contributed by atoms with Crippen molar-refractivity contribution in [2.24, 2.45) is 11.3 Å². The molecule has 24 heavy (non-hydrogen) atoms. The second kappa shape index (κ2) is 6.22. The number of carbonyl (C=O) groups is 2. The number of carbonyl (C=O) groups excluding carboxylic acids is 2. The van der Waals surface area contributed by atoms with E-state index in [9.17, 15) is 23.5 Å². The Morgan fingerprint density at radius 3 is 2.71 bits per heavy atom. The summed E-state index contributed by atoms with van der Waals surface area (Å²) in [7, 11) is 1.53. The smallest absolute Gasteiger partial charge is 0.266 e. The number of aliphatic hydroxyl groups excluding tert-OH is 1. The Labute approximate surface area is 139 Å². The predicted molar refractivity (Wildman–Crippen MR) is 80.4 cm³/mol. The van der Waals surface area contributed by atoms with Crippen LogP contribution < -0.4 is 0 Å². The van der Waals surface area contributed by atoms with Gasteiger partial charge in [0.05, 0.1) is 24.7 Å². The molecule has 3 fully saturated rings. The fourth-order valence-corrected chi connectivity index (χ4v) is 4.13.